The Balaban J connectivity index is 1.98. The van der Waals surface area contributed by atoms with Crippen molar-refractivity contribution in [3.63, 3.8) is 0 Å². The number of alkyl carbamates (subject to hydrolysis) is 1. The van der Waals surface area contributed by atoms with Crippen LogP contribution in [0, 0.1) is 0 Å². The first-order valence-electron chi connectivity index (χ1n) is 9.22. The fourth-order valence-electron chi connectivity index (χ4n) is 2.91. The van der Waals surface area contributed by atoms with Gasteiger partial charge in [-0.3, -0.25) is 4.79 Å². The molecule has 1 aromatic carbocycles. The summed E-state index contributed by atoms with van der Waals surface area (Å²) >= 11 is 0. The summed E-state index contributed by atoms with van der Waals surface area (Å²) in [6.45, 7) is 4.61. The molecule has 1 unspecified atom stereocenters. The molecule has 0 radical (unpaired) electrons. The van der Waals surface area contributed by atoms with Crippen LogP contribution in [0.1, 0.15) is 44.0 Å². The Labute approximate surface area is 167 Å². The summed E-state index contributed by atoms with van der Waals surface area (Å²) in [7, 11) is 0. The van der Waals surface area contributed by atoms with Crippen LogP contribution in [0.3, 0.4) is 0 Å². The van der Waals surface area contributed by atoms with Crippen LogP contribution in [-0.4, -0.2) is 54.4 Å². The average molecular weight is 417 g/mol. The molecule has 0 bridgehead atoms. The van der Waals surface area contributed by atoms with E-state index in [0.717, 1.165) is 0 Å². The number of nitrogens with zero attached hydrogens (tertiary/aromatic N) is 1. The first-order valence-corrected chi connectivity index (χ1v) is 9.22. The van der Waals surface area contributed by atoms with Gasteiger partial charge in [-0.25, -0.2) is 4.79 Å². The molecule has 10 heteroatoms. The lowest BCUT2D eigenvalue weighted by atomic mass is 10.0. The largest absolute Gasteiger partial charge is 0.482 e. The van der Waals surface area contributed by atoms with Crippen LogP contribution >= 0.6 is 0 Å². The number of nitrogens with two attached hydrogens (primary N) is 1. The number of ether oxygens (including phenoxy) is 2. The van der Waals surface area contributed by atoms with Gasteiger partial charge in [0.1, 0.15) is 11.4 Å². The molecule has 1 aliphatic heterocycles. The third-order valence-electron chi connectivity index (χ3n) is 4.08. The number of likely N-dealkylation sites (tertiary alicyclic amines) is 1. The Hall–Kier alpha value is -2.65. The Morgan fingerprint density at radius 3 is 2.55 bits per heavy atom. The smallest absolute Gasteiger partial charge is 0.422 e. The number of hydrogen-bond donors (Lipinski definition) is 2. The van der Waals surface area contributed by atoms with E-state index < -0.39 is 24.5 Å². The van der Waals surface area contributed by atoms with E-state index in [1.54, 1.807) is 25.7 Å². The number of benzene rings is 1. The highest BCUT2D eigenvalue weighted by Gasteiger charge is 2.30. The van der Waals surface area contributed by atoms with E-state index in [0.29, 0.717) is 25.9 Å². The zero-order valence-electron chi connectivity index (χ0n) is 16.6. The van der Waals surface area contributed by atoms with Crippen LogP contribution in [0.4, 0.5) is 23.7 Å². The van der Waals surface area contributed by atoms with E-state index >= 15 is 0 Å². The summed E-state index contributed by atoms with van der Waals surface area (Å²) in [5.41, 5.74) is 5.29. The molecule has 0 spiro atoms. The van der Waals surface area contributed by atoms with Gasteiger partial charge in [-0.1, -0.05) is 0 Å². The number of carbonyl (C=O) groups excluding carboxylic acids is 2. The third-order valence-corrected chi connectivity index (χ3v) is 4.08. The molecule has 2 rings (SSSR count). The van der Waals surface area contributed by atoms with Crippen LogP contribution in [0.5, 0.6) is 5.75 Å². The predicted molar refractivity (Wildman–Crippen MR) is 101 cm³/mol. The number of hydrogen-bond acceptors (Lipinski definition) is 5. The highest BCUT2D eigenvalue weighted by Crippen LogP contribution is 2.26. The Kier molecular flexibility index (Phi) is 6.86. The van der Waals surface area contributed by atoms with Crippen molar-refractivity contribution in [1.82, 2.24) is 10.2 Å². The molecule has 0 aromatic heterocycles. The molecular formula is C19H26F3N3O4. The van der Waals surface area contributed by atoms with Crippen molar-refractivity contribution in [3.8, 4) is 5.75 Å². The zero-order valence-corrected chi connectivity index (χ0v) is 16.6. The van der Waals surface area contributed by atoms with Crippen molar-refractivity contribution in [2.24, 2.45) is 0 Å². The van der Waals surface area contributed by atoms with Gasteiger partial charge < -0.3 is 25.4 Å². The minimum Gasteiger partial charge on any atom is -0.482 e. The molecule has 29 heavy (non-hydrogen) atoms. The quantitative estimate of drug-likeness (QED) is 0.733. The SMILES string of the molecule is CC(C)(C)OC(=O)NC1CCCN(C(=O)c2ccc(OCC(F)(F)F)c(N)c2)C1. The number of nitrogens with one attached hydrogen (secondary N) is 1. The second kappa shape index (κ2) is 8.79. The summed E-state index contributed by atoms with van der Waals surface area (Å²) in [4.78, 5) is 26.3. The van der Waals surface area contributed by atoms with E-state index in [2.05, 4.69) is 10.1 Å². The molecule has 1 aromatic rings. The molecule has 162 valence electrons. The first kappa shape index (κ1) is 22.6. The van der Waals surface area contributed by atoms with Gasteiger partial charge in [0.25, 0.3) is 5.91 Å². The number of halogens is 3. The van der Waals surface area contributed by atoms with Crippen LogP contribution in [0.25, 0.3) is 0 Å². The van der Waals surface area contributed by atoms with E-state index in [-0.39, 0.29) is 28.9 Å². The van der Waals surface area contributed by atoms with Gasteiger partial charge in [-0.15, -0.1) is 0 Å². The molecule has 1 aliphatic rings. The van der Waals surface area contributed by atoms with Crippen molar-refractivity contribution < 1.29 is 32.2 Å². The van der Waals surface area contributed by atoms with Crippen molar-refractivity contribution in [2.45, 2.75) is 51.4 Å². The maximum Gasteiger partial charge on any atom is 0.422 e. The van der Waals surface area contributed by atoms with E-state index in [1.165, 1.54) is 18.2 Å². The van der Waals surface area contributed by atoms with Gasteiger partial charge in [0.05, 0.1) is 5.69 Å². The highest BCUT2D eigenvalue weighted by atomic mass is 19.4. The van der Waals surface area contributed by atoms with Crippen LogP contribution in [0.15, 0.2) is 18.2 Å². The van der Waals surface area contributed by atoms with Crippen LogP contribution in [-0.2, 0) is 4.74 Å². The van der Waals surface area contributed by atoms with Gasteiger partial charge in [0.2, 0.25) is 0 Å². The molecule has 1 atom stereocenters. The topological polar surface area (TPSA) is 93.9 Å². The summed E-state index contributed by atoms with van der Waals surface area (Å²) < 4.78 is 46.7. The molecule has 3 N–H and O–H groups in total. The molecule has 1 fully saturated rings. The van der Waals surface area contributed by atoms with Crippen molar-refractivity contribution in [2.75, 3.05) is 25.4 Å². The Morgan fingerprint density at radius 1 is 1.28 bits per heavy atom. The van der Waals surface area contributed by atoms with Gasteiger partial charge in [-0.2, -0.15) is 13.2 Å². The fraction of sp³-hybridized carbons (Fsp3) is 0.579. The number of amides is 2. The molecule has 2 amide bonds. The lowest BCUT2D eigenvalue weighted by molar-refractivity contribution is -0.153. The van der Waals surface area contributed by atoms with Gasteiger partial charge in [0, 0.05) is 24.7 Å². The second-order valence-electron chi connectivity index (χ2n) is 7.89. The summed E-state index contributed by atoms with van der Waals surface area (Å²) in [6, 6.07) is 3.65. The van der Waals surface area contributed by atoms with Crippen molar-refractivity contribution >= 4 is 17.7 Å². The van der Waals surface area contributed by atoms with Crippen molar-refractivity contribution in [3.05, 3.63) is 23.8 Å². The molecule has 1 saturated heterocycles. The maximum atomic E-state index is 12.7. The number of rotatable bonds is 4. The van der Waals surface area contributed by atoms with Gasteiger partial charge in [0.15, 0.2) is 6.61 Å². The number of alkyl halides is 3. The highest BCUT2D eigenvalue weighted by molar-refractivity contribution is 5.95. The summed E-state index contributed by atoms with van der Waals surface area (Å²) in [5, 5.41) is 2.76. The van der Waals surface area contributed by atoms with Crippen LogP contribution < -0.4 is 15.8 Å². The van der Waals surface area contributed by atoms with Crippen molar-refractivity contribution in [1.29, 1.82) is 0 Å². The van der Waals surface area contributed by atoms with Crippen LogP contribution in [0.2, 0.25) is 0 Å². The molecular weight excluding hydrogens is 391 g/mol. The molecule has 1 heterocycles. The molecule has 0 saturated carbocycles. The number of piperidine rings is 1. The van der Waals surface area contributed by atoms with Gasteiger partial charge in [-0.05, 0) is 51.8 Å². The third kappa shape index (κ3) is 7.35. The Bertz CT molecular complexity index is 747. The molecule has 7 nitrogen and oxygen atoms in total. The van der Waals surface area contributed by atoms with E-state index in [9.17, 15) is 22.8 Å². The van der Waals surface area contributed by atoms with E-state index in [1.807, 2.05) is 0 Å². The predicted octanol–water partition coefficient (Wildman–Crippen LogP) is 3.34. The standard InChI is InChI=1S/C19H26F3N3O4/c1-18(2,3)29-17(27)24-13-5-4-8-25(10-13)16(26)12-6-7-15(14(23)9-12)28-11-19(20,21)22/h6-7,9,13H,4-5,8,10-11,23H2,1-3H3,(H,24,27). The van der Waals surface area contributed by atoms with E-state index in [4.69, 9.17) is 10.5 Å². The van der Waals surface area contributed by atoms with Gasteiger partial charge >= 0.3 is 12.3 Å². The molecule has 0 aliphatic carbocycles. The lowest BCUT2D eigenvalue weighted by Crippen LogP contribution is -2.50. The summed E-state index contributed by atoms with van der Waals surface area (Å²) in [5.74, 6) is -0.461. The minimum atomic E-state index is -4.48. The number of carbonyl (C=O) groups is 2. The zero-order chi connectivity index (χ0) is 21.8. The monoisotopic (exact) mass is 417 g/mol. The fourth-order valence-corrected chi connectivity index (χ4v) is 2.91. The number of nitrogen functional groups attached to an aromatic ring is 1. The average Bonchev–Trinajstić information content (AvgIpc) is 2.57. The number of anilines is 1. The lowest BCUT2D eigenvalue weighted by Gasteiger charge is -2.33. The summed E-state index contributed by atoms with van der Waals surface area (Å²) in [6.07, 6.45) is -3.64. The minimum absolute atomic E-state index is 0.0551. The normalized spacial score (nSPS) is 17.6. The second-order valence-corrected chi connectivity index (χ2v) is 7.89. The maximum absolute atomic E-state index is 12.7. The first-order chi connectivity index (χ1) is 13.3. The Morgan fingerprint density at radius 2 is 1.97 bits per heavy atom.